The number of aliphatic carboxylic acids is 1. The second kappa shape index (κ2) is 9.28. The predicted molar refractivity (Wildman–Crippen MR) is 137 cm³/mol. The molecular weight excluding hydrogens is 459 g/mol. The van der Waals surface area contributed by atoms with Gasteiger partial charge in [-0.2, -0.15) is 17.9 Å². The van der Waals surface area contributed by atoms with Gasteiger partial charge in [-0.05, 0) is 22.4 Å². The molecular formula is C21H29NO2S5. The first-order valence-electron chi connectivity index (χ1n) is 10.6. The number of carboxylic acid groups (broad SMARTS) is 1. The first kappa shape index (κ1) is 23.7. The molecule has 0 heterocycles. The molecule has 3 saturated carbocycles. The van der Waals surface area contributed by atoms with Crippen LogP contribution in [0.3, 0.4) is 0 Å². The van der Waals surface area contributed by atoms with Crippen LogP contribution in [-0.4, -0.2) is 36.2 Å². The lowest BCUT2D eigenvalue weighted by molar-refractivity contribution is -0.137. The molecule has 8 heteroatoms. The van der Waals surface area contributed by atoms with Gasteiger partial charge in [0.1, 0.15) is 5.40 Å². The van der Waals surface area contributed by atoms with E-state index in [0.29, 0.717) is 11.3 Å². The zero-order valence-corrected chi connectivity index (χ0v) is 21.0. The Morgan fingerprint density at radius 3 is 2.10 bits per heavy atom. The molecule has 4 atom stereocenters. The van der Waals surface area contributed by atoms with Crippen LogP contribution in [-0.2, 0) is 4.79 Å². The number of rotatable bonds is 13. The van der Waals surface area contributed by atoms with Crippen molar-refractivity contribution in [1.29, 1.82) is 5.26 Å². The molecule has 3 fully saturated rings. The lowest BCUT2D eigenvalue weighted by atomic mass is 10.1. The van der Waals surface area contributed by atoms with Gasteiger partial charge in [0, 0.05) is 20.3 Å². The van der Waals surface area contributed by atoms with E-state index in [0.717, 1.165) is 21.9 Å². The van der Waals surface area contributed by atoms with Gasteiger partial charge >= 0.3 is 5.97 Å². The van der Waals surface area contributed by atoms with Crippen LogP contribution in [0.15, 0.2) is 0 Å². The summed E-state index contributed by atoms with van der Waals surface area (Å²) in [5.41, 5.74) is -1.12. The summed E-state index contributed by atoms with van der Waals surface area (Å²) in [6, 6.07) is 0. The van der Waals surface area contributed by atoms with Gasteiger partial charge in [-0.3, -0.25) is 4.79 Å². The summed E-state index contributed by atoms with van der Waals surface area (Å²) in [6.07, 6.45) is 13.6. The van der Waals surface area contributed by atoms with Gasteiger partial charge in [0.2, 0.25) is 0 Å². The summed E-state index contributed by atoms with van der Waals surface area (Å²) in [5, 5.41) is 21.8. The van der Waals surface area contributed by atoms with Crippen LogP contribution in [0.25, 0.3) is 0 Å². The summed E-state index contributed by atoms with van der Waals surface area (Å²) >= 11 is 15.3. The summed E-state index contributed by atoms with van der Waals surface area (Å²) in [5.74, 6) is -0.0780. The Morgan fingerprint density at radius 1 is 1.17 bits per heavy atom. The van der Waals surface area contributed by atoms with Crippen molar-refractivity contribution in [2.45, 2.75) is 82.3 Å². The maximum Gasteiger partial charge on any atom is 0.326 e. The average molecular weight is 488 g/mol. The third-order valence-corrected chi connectivity index (χ3v) is 12.3. The van der Waals surface area contributed by atoms with Crippen molar-refractivity contribution in [1.82, 2.24) is 0 Å². The van der Waals surface area contributed by atoms with E-state index in [9.17, 15) is 15.2 Å². The van der Waals surface area contributed by atoms with Gasteiger partial charge in [0.15, 0.2) is 4.75 Å². The van der Waals surface area contributed by atoms with Crippen molar-refractivity contribution in [3.05, 3.63) is 0 Å². The van der Waals surface area contributed by atoms with E-state index >= 15 is 0 Å². The summed E-state index contributed by atoms with van der Waals surface area (Å²) in [7, 11) is 1.00. The maximum absolute atomic E-state index is 11.8. The number of thiocarbonyl (C=S) groups is 2. The van der Waals surface area contributed by atoms with Gasteiger partial charge in [0.25, 0.3) is 0 Å². The number of thiocyanates is 1. The van der Waals surface area contributed by atoms with E-state index in [1.807, 2.05) is 0 Å². The summed E-state index contributed by atoms with van der Waals surface area (Å²) in [6.45, 7) is 2.25. The number of carboxylic acids is 1. The minimum absolute atomic E-state index is 0.400. The maximum atomic E-state index is 11.8. The topological polar surface area (TPSA) is 61.1 Å². The highest BCUT2D eigenvalue weighted by atomic mass is 33.1. The lowest BCUT2D eigenvalue weighted by Crippen LogP contribution is -2.20. The zero-order valence-electron chi connectivity index (χ0n) is 16.9. The number of thiol groups is 1. The van der Waals surface area contributed by atoms with Crippen LogP contribution in [0.4, 0.5) is 0 Å². The van der Waals surface area contributed by atoms with Gasteiger partial charge in [-0.25, -0.2) is 0 Å². The normalized spacial score (nSPS) is 33.8. The Hall–Kier alpha value is 0.0600. The highest BCUT2D eigenvalue weighted by Crippen LogP contribution is 2.90. The van der Waals surface area contributed by atoms with Crippen molar-refractivity contribution in [3.8, 4) is 5.40 Å². The van der Waals surface area contributed by atoms with Crippen LogP contribution < -0.4 is 0 Å². The Kier molecular flexibility index (Phi) is 7.59. The fourth-order valence-electron chi connectivity index (χ4n) is 4.72. The smallest absolute Gasteiger partial charge is 0.326 e. The predicted octanol–water partition coefficient (Wildman–Crippen LogP) is 6.37. The second-order valence-electron chi connectivity index (χ2n) is 8.29. The monoisotopic (exact) mass is 487 g/mol. The number of carbonyl (C=O) groups is 1. The fraction of sp³-hybridized carbons (Fsp3) is 0.762. The summed E-state index contributed by atoms with van der Waals surface area (Å²) < 4.78 is -1.31. The van der Waals surface area contributed by atoms with E-state index < -0.39 is 31.1 Å². The average Bonchev–Trinajstić information content (AvgIpc) is 3.61. The molecule has 0 aromatic rings. The van der Waals surface area contributed by atoms with Crippen LogP contribution in [0.1, 0.15) is 77.6 Å². The molecule has 29 heavy (non-hydrogen) atoms. The number of nitrogens with zero attached hydrogens (tertiary/aromatic N) is 1. The second-order valence-corrected chi connectivity index (χ2v) is 13.3. The number of nitriles is 1. The van der Waals surface area contributed by atoms with Gasteiger partial charge in [-0.15, -0.1) is 0 Å². The number of unbranched alkanes of at least 4 members (excludes halogenated alkanes) is 9. The molecule has 0 aromatic heterocycles. The molecule has 4 unspecified atom stereocenters. The highest BCUT2D eigenvalue weighted by molar-refractivity contribution is 8.85. The molecule has 2 spiro atoms. The van der Waals surface area contributed by atoms with Gasteiger partial charge in [-0.1, -0.05) is 99.9 Å². The van der Waals surface area contributed by atoms with E-state index in [2.05, 4.69) is 25.0 Å². The number of hydrogen-bond donors (Lipinski definition) is 2. The molecule has 1 N–H and O–H groups in total. The van der Waals surface area contributed by atoms with Crippen LogP contribution in [0.5, 0.6) is 0 Å². The molecule has 3 aliphatic rings. The Morgan fingerprint density at radius 2 is 1.69 bits per heavy atom. The van der Waals surface area contributed by atoms with E-state index in [1.54, 1.807) is 10.8 Å². The zero-order chi connectivity index (χ0) is 21.3. The minimum atomic E-state index is -1.31. The largest absolute Gasteiger partial charge is 0.480 e. The molecule has 0 bridgehead atoms. The van der Waals surface area contributed by atoms with Gasteiger partial charge in [0.05, 0.1) is 10.8 Å². The van der Waals surface area contributed by atoms with Crippen molar-refractivity contribution in [2.24, 2.45) is 10.8 Å². The van der Waals surface area contributed by atoms with Crippen LogP contribution in [0.2, 0.25) is 0 Å². The minimum Gasteiger partial charge on any atom is -0.480 e. The van der Waals surface area contributed by atoms with Gasteiger partial charge < -0.3 is 5.11 Å². The Balaban J connectivity index is 1.45. The van der Waals surface area contributed by atoms with E-state index in [-0.39, 0.29) is 0 Å². The number of hydrogen-bond acceptors (Lipinski definition) is 6. The van der Waals surface area contributed by atoms with Crippen LogP contribution in [0, 0.1) is 21.5 Å². The third-order valence-electron chi connectivity index (χ3n) is 6.51. The molecule has 0 amide bonds. The fourth-order valence-corrected chi connectivity index (χ4v) is 10.9. The molecule has 160 valence electrons. The molecule has 0 aromatic carbocycles. The van der Waals surface area contributed by atoms with Crippen LogP contribution >= 0.6 is 57.4 Å². The van der Waals surface area contributed by atoms with Crippen molar-refractivity contribution >= 4 is 77.9 Å². The van der Waals surface area contributed by atoms with E-state index in [4.69, 9.17) is 24.4 Å². The molecule has 0 saturated heterocycles. The quantitative estimate of drug-likeness (QED) is 0.103. The number of fused-ring (bicyclic) bond motifs is 1. The summed E-state index contributed by atoms with van der Waals surface area (Å²) in [4.78, 5) is 14.1. The third kappa shape index (κ3) is 3.67. The molecule has 0 radical (unpaired) electrons. The molecule has 0 aliphatic heterocycles. The molecule has 3 aliphatic carbocycles. The Labute approximate surface area is 196 Å². The van der Waals surface area contributed by atoms with E-state index in [1.165, 1.54) is 57.8 Å². The van der Waals surface area contributed by atoms with Crippen molar-refractivity contribution in [3.63, 3.8) is 0 Å². The van der Waals surface area contributed by atoms with Crippen molar-refractivity contribution in [2.75, 3.05) is 5.75 Å². The first-order chi connectivity index (χ1) is 13.9. The first-order valence-corrected chi connectivity index (χ1v) is 14.6. The standard InChI is InChI=1S/C21H29NO2S5/c1-2-3-4-5-6-7-8-9-10-11-12-28-29(14-22)17-19(13-15(19)25)20(17)16(26)21(20,27)18(23)24/h27H,2-13H2,1H3,(H,23,24). The van der Waals surface area contributed by atoms with Crippen molar-refractivity contribution < 1.29 is 9.90 Å². The highest BCUT2D eigenvalue weighted by Gasteiger charge is 3.02. The molecule has 3 nitrogen and oxygen atoms in total. The lowest BCUT2D eigenvalue weighted by Gasteiger charge is -2.03. The Bertz CT molecular complexity index is 803. The SMILES string of the molecule is CCCCCCCCCCCCS/S(C#N)=C1/C2(CC2=S)C12C(=S)C2(S)C(=O)O. The molecule has 3 rings (SSSR count).